The van der Waals surface area contributed by atoms with Crippen LogP contribution in [-0.2, 0) is 75.3 Å². The number of quaternary nitrogens is 1. The Morgan fingerprint density at radius 2 is 1.21 bits per heavy atom. The average Bonchev–Trinajstić information content (AvgIpc) is 4.27. The molecule has 13 unspecified atom stereocenters. The number of fused-ring (bicyclic) bond motifs is 2. The maximum Gasteiger partial charge on any atom is 0.252 e. The first-order valence-corrected chi connectivity index (χ1v) is 26.3. The van der Waals surface area contributed by atoms with Gasteiger partial charge in [0.25, 0.3) is 11.8 Å². The monoisotopic (exact) mass is 1030 g/mol. The Morgan fingerprint density at radius 3 is 1.71 bits per heavy atom. The van der Waals surface area contributed by atoms with E-state index in [0.29, 0.717) is 23.2 Å². The molecule has 2 saturated heterocycles. The van der Waals surface area contributed by atoms with Crippen LogP contribution >= 0.6 is 0 Å². The minimum atomic E-state index is -0.633. The number of ether oxygens (including phenoxy) is 6. The Morgan fingerprint density at radius 1 is 0.714 bits per heavy atom. The molecule has 4 aliphatic heterocycles. The van der Waals surface area contributed by atoms with Crippen LogP contribution < -0.4 is 20.9 Å². The third kappa shape index (κ3) is 5.62. The Hall–Kier alpha value is -2.68. The van der Waals surface area contributed by atoms with Crippen LogP contribution in [0.3, 0.4) is 0 Å². The third-order valence-electron chi connectivity index (χ3n) is 22.2. The summed E-state index contributed by atoms with van der Waals surface area (Å²) in [6, 6.07) is 8.97. The van der Waals surface area contributed by atoms with Crippen LogP contribution in [0.2, 0.25) is 0 Å². The molecule has 4 N–H and O–H groups in total. The van der Waals surface area contributed by atoms with E-state index < -0.39 is 34.2 Å². The summed E-state index contributed by atoms with van der Waals surface area (Å²) in [7, 11) is 9.75. The summed E-state index contributed by atoms with van der Waals surface area (Å²) in [6.45, 7) is 13.4. The molecule has 8 bridgehead atoms. The van der Waals surface area contributed by atoms with Crippen molar-refractivity contribution < 1.29 is 75.2 Å². The zero-order chi connectivity index (χ0) is 48.3. The van der Waals surface area contributed by atoms with Gasteiger partial charge in [0.1, 0.15) is 41.0 Å². The molecular weight excluding hydrogens is 958 g/mol. The number of likely N-dealkylation sites (tertiary alicyclic amines) is 2. The van der Waals surface area contributed by atoms with Crippen molar-refractivity contribution in [2.75, 3.05) is 61.7 Å². The number of piperidine rings is 2. The molecule has 4 saturated carbocycles. The van der Waals surface area contributed by atoms with Crippen molar-refractivity contribution in [3.63, 3.8) is 0 Å². The van der Waals surface area contributed by atoms with Gasteiger partial charge in [-0.25, -0.2) is 0 Å². The first-order valence-electron chi connectivity index (χ1n) is 26.3. The summed E-state index contributed by atoms with van der Waals surface area (Å²) in [5.41, 5.74) is 15.3. The molecule has 1 radical (unpaired) electrons. The second kappa shape index (κ2) is 15.2. The van der Waals surface area contributed by atoms with Gasteiger partial charge in [0, 0.05) is 121 Å². The minimum Gasteiger partial charge on any atom is -0.485 e. The van der Waals surface area contributed by atoms with Crippen LogP contribution in [0.25, 0.3) is 0 Å². The van der Waals surface area contributed by atoms with E-state index in [1.165, 1.54) is 61.0 Å². The average molecular weight is 1030 g/mol. The van der Waals surface area contributed by atoms with Crippen molar-refractivity contribution in [2.45, 2.75) is 149 Å². The second-order valence-corrected chi connectivity index (χ2v) is 25.3. The molecule has 13 atom stereocenters. The maximum atomic E-state index is 12.5. The Labute approximate surface area is 439 Å². The van der Waals surface area contributed by atoms with Gasteiger partial charge in [0.2, 0.25) is 0 Å². The number of rotatable bonds is 12. The molecule has 2 aromatic rings. The van der Waals surface area contributed by atoms with E-state index in [1.54, 1.807) is 7.11 Å². The first-order chi connectivity index (χ1) is 32.8. The van der Waals surface area contributed by atoms with Gasteiger partial charge < -0.3 is 44.4 Å². The molecule has 0 aromatic heterocycles. The summed E-state index contributed by atoms with van der Waals surface area (Å²) in [4.78, 5) is 27.8. The molecule has 10 aliphatic carbocycles. The summed E-state index contributed by atoms with van der Waals surface area (Å²) >= 11 is 0. The Bertz CT molecular complexity index is 2660. The Kier molecular flexibility index (Phi) is 10.5. The summed E-state index contributed by atoms with van der Waals surface area (Å²) < 4.78 is 40.3. The molecule has 373 valence electrons. The van der Waals surface area contributed by atoms with Gasteiger partial charge in [-0.1, -0.05) is 36.4 Å². The molecule has 2 amide bonds. The van der Waals surface area contributed by atoms with Gasteiger partial charge in [-0.3, -0.25) is 14.5 Å². The van der Waals surface area contributed by atoms with Crippen LogP contribution in [-0.4, -0.2) is 130 Å². The van der Waals surface area contributed by atoms with Gasteiger partial charge in [-0.15, -0.1) is 0 Å². The smallest absolute Gasteiger partial charge is 0.252 e. The topological polar surface area (TPSA) is 145 Å². The summed E-state index contributed by atoms with van der Waals surface area (Å²) in [5.74, 6) is 2.55. The molecule has 2 aromatic carbocycles. The van der Waals surface area contributed by atoms with E-state index in [-0.39, 0.29) is 78.4 Å². The van der Waals surface area contributed by atoms with Crippen molar-refractivity contribution in [2.24, 2.45) is 46.0 Å². The predicted octanol–water partition coefficient (Wildman–Crippen LogP) is 6.56. The number of amides is 2. The molecule has 14 aliphatic rings. The normalized spacial score (nSPS) is 42.2. The van der Waals surface area contributed by atoms with Crippen LogP contribution in [0.4, 0.5) is 0 Å². The van der Waals surface area contributed by atoms with Crippen LogP contribution in [0.15, 0.2) is 48.6 Å². The SMILES string of the molecule is COC(C)(C)C1CC23C=CC1(OC)C1Oc4c(C(N)=O)ccc5c4C12CCN(CC1CC1)C3C5.COC(C)(C)C1CC23C=CC1(OC)C1Oc4c(C(N)=O)ccc5c4C12CC[N+](C)(CC1CC1)C3C5.[Y]. The van der Waals surface area contributed by atoms with E-state index in [9.17, 15) is 9.59 Å². The van der Waals surface area contributed by atoms with E-state index >= 15 is 0 Å². The van der Waals surface area contributed by atoms with E-state index in [4.69, 9.17) is 39.9 Å². The number of carbonyl (C=O) groups is 2. The standard InChI is InChI=1S/C29H38N2O4.C28H36N2O4.Y/c1-26(2,33-4)20-15-27-10-11-29(20,34-5)25-28(27)12-13-31(3,16-17-6-7-17)21(27)14-18-8-9-19(24(30)32)23(35-25)22(18)28;1-25(2,32-3)19-14-26-9-10-28(19,33-4)24-27(26)11-12-30(15-16-5-6-16)20(26)13-17-7-8-18(23(29)31)22(34-24)21(17)27;/h8-11,17,20-21,25H,6-7,12-16H2,1-5H3,(H-,30,32);7-10,16,19-20,24H,5-6,11-15H2,1-4H3,(H2,29,31);/p+1. The molecule has 70 heavy (non-hydrogen) atoms. The number of benzene rings is 2. The van der Waals surface area contributed by atoms with Crippen molar-refractivity contribution in [1.82, 2.24) is 4.90 Å². The number of hydrogen-bond donors (Lipinski definition) is 2. The Balaban J connectivity index is 0.000000142. The van der Waals surface area contributed by atoms with E-state index in [0.717, 1.165) is 79.4 Å². The number of nitrogens with zero attached hydrogens (tertiary/aromatic N) is 2. The largest absolute Gasteiger partial charge is 0.485 e. The number of primary amides is 2. The van der Waals surface area contributed by atoms with Crippen molar-refractivity contribution >= 4 is 11.8 Å². The van der Waals surface area contributed by atoms with Crippen LogP contribution in [0, 0.1) is 34.5 Å². The number of likely N-dealkylation sites (N-methyl/N-ethyl adjacent to an activating group) is 1. The number of hydrogen-bond acceptors (Lipinski definition) is 9. The van der Waals surface area contributed by atoms with Gasteiger partial charge in [0.05, 0.1) is 58.7 Å². The van der Waals surface area contributed by atoms with E-state index in [1.807, 2.05) is 33.5 Å². The fourth-order valence-corrected chi connectivity index (χ4v) is 18.5. The molecule has 13 heteroatoms. The van der Waals surface area contributed by atoms with E-state index in [2.05, 4.69) is 76.1 Å². The molecular formula is C57H75N4O8Y+. The number of nitrogens with two attached hydrogens (primary N) is 2. The fraction of sp³-hybridized carbons (Fsp3) is 0.684. The third-order valence-corrected chi connectivity index (χ3v) is 22.2. The van der Waals surface area contributed by atoms with Crippen LogP contribution in [0.5, 0.6) is 11.5 Å². The molecule has 6 fully saturated rings. The second-order valence-electron chi connectivity index (χ2n) is 25.3. The zero-order valence-electron chi connectivity index (χ0n) is 43.0. The number of carbonyl (C=O) groups excluding carboxylic acids is 2. The minimum absolute atomic E-state index is 0. The first kappa shape index (κ1) is 48.3. The zero-order valence-corrected chi connectivity index (χ0v) is 45.9. The van der Waals surface area contributed by atoms with Gasteiger partial charge in [-0.2, -0.15) is 0 Å². The van der Waals surface area contributed by atoms with Crippen molar-refractivity contribution in [3.8, 4) is 11.5 Å². The predicted molar refractivity (Wildman–Crippen MR) is 260 cm³/mol. The maximum absolute atomic E-state index is 12.5. The molecule has 16 rings (SSSR count). The summed E-state index contributed by atoms with van der Waals surface area (Å²) in [5, 5.41) is 0. The van der Waals surface area contributed by atoms with Crippen molar-refractivity contribution in [1.29, 1.82) is 0 Å². The van der Waals surface area contributed by atoms with Gasteiger partial charge in [-0.05, 0) is 115 Å². The van der Waals surface area contributed by atoms with Gasteiger partial charge >= 0.3 is 0 Å². The fourth-order valence-electron chi connectivity index (χ4n) is 18.5. The van der Waals surface area contributed by atoms with Crippen molar-refractivity contribution in [3.05, 3.63) is 82.0 Å². The quantitative estimate of drug-likeness (QED) is 0.178. The van der Waals surface area contributed by atoms with Crippen LogP contribution in [0.1, 0.15) is 122 Å². The molecule has 12 nitrogen and oxygen atoms in total. The number of methoxy groups -OCH3 is 4. The molecule has 4 spiro atoms. The summed E-state index contributed by atoms with van der Waals surface area (Å²) in [6.07, 6.45) is 20.7. The molecule has 4 heterocycles. The van der Waals surface area contributed by atoms with Gasteiger partial charge in [0.15, 0.2) is 0 Å².